The Hall–Kier alpha value is -1.75. The van der Waals surface area contributed by atoms with Crippen LogP contribution in [0.5, 0.6) is 5.75 Å². The first-order valence-corrected chi connectivity index (χ1v) is 7.69. The number of rotatable bonds is 3. The summed E-state index contributed by atoms with van der Waals surface area (Å²) < 4.78 is 10.8. The first-order chi connectivity index (χ1) is 10.4. The number of benzene rings is 1. The second-order valence-electron chi connectivity index (χ2n) is 5.40. The number of anilines is 1. The number of nitrogens with zero attached hydrogens (tertiary/aromatic N) is 2. The van der Waals surface area contributed by atoms with Crippen LogP contribution in [0.4, 0.5) is 11.4 Å². The molecule has 5 heteroatoms. The molecule has 0 amide bonds. The van der Waals surface area contributed by atoms with E-state index in [-0.39, 0.29) is 0 Å². The van der Waals surface area contributed by atoms with Crippen molar-refractivity contribution in [2.75, 3.05) is 44.9 Å². The van der Waals surface area contributed by atoms with Gasteiger partial charge in [0.1, 0.15) is 11.6 Å². The van der Waals surface area contributed by atoms with Crippen LogP contribution >= 0.6 is 0 Å². The number of methoxy groups -OCH3 is 1. The molecule has 21 heavy (non-hydrogen) atoms. The van der Waals surface area contributed by atoms with E-state index in [4.69, 9.17) is 14.5 Å². The van der Waals surface area contributed by atoms with E-state index in [1.165, 1.54) is 18.5 Å². The maximum Gasteiger partial charge on any atom is 0.121 e. The van der Waals surface area contributed by atoms with Crippen molar-refractivity contribution < 1.29 is 9.47 Å². The third-order valence-corrected chi connectivity index (χ3v) is 3.96. The van der Waals surface area contributed by atoms with Crippen LogP contribution in [0.3, 0.4) is 0 Å². The van der Waals surface area contributed by atoms with Crippen molar-refractivity contribution in [3.8, 4) is 5.75 Å². The van der Waals surface area contributed by atoms with Crippen molar-refractivity contribution >= 4 is 17.2 Å². The van der Waals surface area contributed by atoms with Gasteiger partial charge in [0.15, 0.2) is 0 Å². The summed E-state index contributed by atoms with van der Waals surface area (Å²) in [5, 5.41) is 3.40. The first-order valence-electron chi connectivity index (χ1n) is 7.69. The maximum atomic E-state index is 5.44. The minimum absolute atomic E-state index is 0.778. The summed E-state index contributed by atoms with van der Waals surface area (Å²) >= 11 is 0. The molecule has 2 heterocycles. The van der Waals surface area contributed by atoms with Crippen molar-refractivity contribution in [3.05, 3.63) is 18.2 Å². The Bertz CT molecular complexity index is 502. The van der Waals surface area contributed by atoms with Gasteiger partial charge in [-0.05, 0) is 25.0 Å². The summed E-state index contributed by atoms with van der Waals surface area (Å²) in [6.45, 7) is 4.41. The van der Waals surface area contributed by atoms with E-state index >= 15 is 0 Å². The molecule has 0 aliphatic carbocycles. The molecule has 3 rings (SSSR count). The summed E-state index contributed by atoms with van der Waals surface area (Å²) in [5.74, 6) is 1.94. The zero-order chi connectivity index (χ0) is 14.5. The number of hydrogen-bond donors (Lipinski definition) is 1. The average molecular weight is 289 g/mol. The number of nitrogens with one attached hydrogen (secondary N) is 1. The van der Waals surface area contributed by atoms with Crippen LogP contribution in [0.1, 0.15) is 19.3 Å². The van der Waals surface area contributed by atoms with Gasteiger partial charge >= 0.3 is 0 Å². The second-order valence-corrected chi connectivity index (χ2v) is 5.40. The molecule has 0 bridgehead atoms. The van der Waals surface area contributed by atoms with Crippen LogP contribution in [-0.2, 0) is 4.74 Å². The van der Waals surface area contributed by atoms with Crippen LogP contribution in [0.15, 0.2) is 23.2 Å². The van der Waals surface area contributed by atoms with Gasteiger partial charge in [-0.3, -0.25) is 0 Å². The van der Waals surface area contributed by atoms with E-state index in [1.807, 2.05) is 12.1 Å². The minimum atomic E-state index is 0.778. The highest BCUT2D eigenvalue weighted by Crippen LogP contribution is 2.33. The smallest absolute Gasteiger partial charge is 0.121 e. The summed E-state index contributed by atoms with van der Waals surface area (Å²) in [6, 6.07) is 6.13. The molecule has 0 spiro atoms. The van der Waals surface area contributed by atoms with E-state index < -0.39 is 0 Å². The normalized spacial score (nSPS) is 21.2. The van der Waals surface area contributed by atoms with Gasteiger partial charge in [0, 0.05) is 32.1 Å². The molecule has 2 saturated heterocycles. The fourth-order valence-corrected chi connectivity index (χ4v) is 2.77. The minimum Gasteiger partial charge on any atom is -0.497 e. The molecular formula is C16H23N3O2. The van der Waals surface area contributed by atoms with Gasteiger partial charge < -0.3 is 19.7 Å². The molecule has 0 radical (unpaired) electrons. The Morgan fingerprint density at radius 2 is 2.10 bits per heavy atom. The van der Waals surface area contributed by atoms with Gasteiger partial charge in [0.2, 0.25) is 0 Å². The third kappa shape index (κ3) is 3.47. The lowest BCUT2D eigenvalue weighted by atomic mass is 10.1. The van der Waals surface area contributed by atoms with Gasteiger partial charge in [-0.2, -0.15) is 0 Å². The van der Waals surface area contributed by atoms with Crippen LogP contribution < -0.4 is 15.0 Å². The molecule has 2 fully saturated rings. The predicted molar refractivity (Wildman–Crippen MR) is 85.0 cm³/mol. The first kappa shape index (κ1) is 14.2. The Morgan fingerprint density at radius 1 is 1.24 bits per heavy atom. The van der Waals surface area contributed by atoms with Gasteiger partial charge in [-0.25, -0.2) is 4.99 Å². The topological polar surface area (TPSA) is 46.1 Å². The Balaban J connectivity index is 1.90. The van der Waals surface area contributed by atoms with Gasteiger partial charge in [0.05, 0.1) is 31.7 Å². The van der Waals surface area contributed by atoms with Crippen LogP contribution in [0.25, 0.3) is 0 Å². The molecule has 0 aromatic heterocycles. The Kier molecular flexibility index (Phi) is 4.60. The largest absolute Gasteiger partial charge is 0.497 e. The van der Waals surface area contributed by atoms with Gasteiger partial charge in [-0.1, -0.05) is 0 Å². The van der Waals surface area contributed by atoms with E-state index in [1.54, 1.807) is 7.11 Å². The van der Waals surface area contributed by atoms with E-state index in [0.717, 1.165) is 56.5 Å². The zero-order valence-electron chi connectivity index (χ0n) is 12.6. The van der Waals surface area contributed by atoms with Crippen molar-refractivity contribution in [3.63, 3.8) is 0 Å². The standard InChI is InChI=1S/C16H23N3O2/c1-20-13-5-6-15(19-8-10-21-11-9-19)14(12-13)18-16-4-2-3-7-17-16/h5-6,12H,2-4,7-11H2,1H3,(H,17,18). The van der Waals surface area contributed by atoms with Crippen molar-refractivity contribution in [1.82, 2.24) is 5.32 Å². The SMILES string of the molecule is COc1ccc(N2CCOCC2)c(/N=C2\CCCCN2)c1. The number of aliphatic imine (C=N–C) groups is 1. The Morgan fingerprint density at radius 3 is 2.81 bits per heavy atom. The molecule has 0 saturated carbocycles. The molecule has 1 N–H and O–H groups in total. The van der Waals surface area contributed by atoms with Gasteiger partial charge in [-0.15, -0.1) is 0 Å². The third-order valence-electron chi connectivity index (χ3n) is 3.96. The molecule has 5 nitrogen and oxygen atoms in total. The number of piperidine rings is 1. The summed E-state index contributed by atoms with van der Waals surface area (Å²) in [5.41, 5.74) is 2.15. The molecule has 1 aromatic carbocycles. The molecule has 0 atom stereocenters. The zero-order valence-corrected chi connectivity index (χ0v) is 12.6. The highest BCUT2D eigenvalue weighted by Gasteiger charge is 2.16. The Labute approximate surface area is 126 Å². The fourth-order valence-electron chi connectivity index (χ4n) is 2.77. The van der Waals surface area contributed by atoms with Gasteiger partial charge in [0.25, 0.3) is 0 Å². The van der Waals surface area contributed by atoms with Crippen LogP contribution in [0.2, 0.25) is 0 Å². The molecule has 2 aliphatic heterocycles. The summed E-state index contributed by atoms with van der Waals surface area (Å²) in [7, 11) is 1.69. The molecule has 2 aliphatic rings. The molecule has 114 valence electrons. The highest BCUT2D eigenvalue weighted by molar-refractivity contribution is 5.87. The predicted octanol–water partition coefficient (Wildman–Crippen LogP) is 2.34. The lowest BCUT2D eigenvalue weighted by molar-refractivity contribution is 0.123. The lowest BCUT2D eigenvalue weighted by Gasteiger charge is -2.30. The van der Waals surface area contributed by atoms with Crippen LogP contribution in [0, 0.1) is 0 Å². The van der Waals surface area contributed by atoms with Crippen molar-refractivity contribution in [1.29, 1.82) is 0 Å². The number of morpholine rings is 1. The second kappa shape index (κ2) is 6.80. The molecular weight excluding hydrogens is 266 g/mol. The number of ether oxygens (including phenoxy) is 2. The molecule has 1 aromatic rings. The van der Waals surface area contributed by atoms with E-state index in [0.29, 0.717) is 0 Å². The summed E-state index contributed by atoms with van der Waals surface area (Å²) in [6.07, 6.45) is 3.47. The van der Waals surface area contributed by atoms with Crippen molar-refractivity contribution in [2.24, 2.45) is 4.99 Å². The van der Waals surface area contributed by atoms with E-state index in [2.05, 4.69) is 16.3 Å². The average Bonchev–Trinajstić information content (AvgIpc) is 2.56. The van der Waals surface area contributed by atoms with Crippen molar-refractivity contribution in [2.45, 2.75) is 19.3 Å². The molecule has 0 unspecified atom stereocenters. The lowest BCUT2D eigenvalue weighted by Crippen LogP contribution is -2.36. The number of amidine groups is 1. The maximum absolute atomic E-state index is 5.44. The fraction of sp³-hybridized carbons (Fsp3) is 0.562. The van der Waals surface area contributed by atoms with Crippen LogP contribution in [-0.4, -0.2) is 45.8 Å². The highest BCUT2D eigenvalue weighted by atomic mass is 16.5. The van der Waals surface area contributed by atoms with E-state index in [9.17, 15) is 0 Å². The summed E-state index contributed by atoms with van der Waals surface area (Å²) in [4.78, 5) is 7.18. The monoisotopic (exact) mass is 289 g/mol. The quantitative estimate of drug-likeness (QED) is 0.927. The number of hydrogen-bond acceptors (Lipinski definition) is 4.